The maximum Gasteiger partial charge on any atom is 0.306 e. The SMILES string of the molecule is CC(C)(C)C(CCN)CCC(=O)N1CCC(C(=O)O)CC1. The highest BCUT2D eigenvalue weighted by molar-refractivity contribution is 5.77. The maximum absolute atomic E-state index is 12.3. The maximum atomic E-state index is 12.3. The van der Waals surface area contributed by atoms with E-state index in [1.807, 2.05) is 4.90 Å². The summed E-state index contributed by atoms with van der Waals surface area (Å²) in [6, 6.07) is 0. The Morgan fingerprint density at radius 2 is 1.81 bits per heavy atom. The van der Waals surface area contributed by atoms with Crippen LogP contribution in [-0.4, -0.2) is 41.5 Å². The summed E-state index contributed by atoms with van der Waals surface area (Å²) in [6.45, 7) is 8.38. The van der Waals surface area contributed by atoms with Gasteiger partial charge in [-0.3, -0.25) is 9.59 Å². The highest BCUT2D eigenvalue weighted by Crippen LogP contribution is 2.32. The molecule has 1 aliphatic rings. The molecule has 1 aliphatic heterocycles. The molecule has 1 amide bonds. The van der Waals surface area contributed by atoms with Crippen molar-refractivity contribution in [1.82, 2.24) is 4.90 Å². The number of carbonyl (C=O) groups excluding carboxylic acids is 1. The van der Waals surface area contributed by atoms with E-state index in [0.29, 0.717) is 44.8 Å². The van der Waals surface area contributed by atoms with Gasteiger partial charge in [0.25, 0.3) is 0 Å². The molecule has 1 fully saturated rings. The lowest BCUT2D eigenvalue weighted by Gasteiger charge is -2.33. The van der Waals surface area contributed by atoms with Crippen molar-refractivity contribution in [3.63, 3.8) is 0 Å². The summed E-state index contributed by atoms with van der Waals surface area (Å²) >= 11 is 0. The number of amides is 1. The van der Waals surface area contributed by atoms with Gasteiger partial charge in [-0.15, -0.1) is 0 Å². The first-order chi connectivity index (χ1) is 9.75. The Kier molecular flexibility index (Phi) is 6.65. The summed E-state index contributed by atoms with van der Waals surface area (Å²) in [6.07, 6.45) is 3.50. The third kappa shape index (κ3) is 5.65. The topological polar surface area (TPSA) is 83.6 Å². The molecule has 21 heavy (non-hydrogen) atoms. The fraction of sp³-hybridized carbons (Fsp3) is 0.875. The smallest absolute Gasteiger partial charge is 0.306 e. The number of nitrogens with two attached hydrogens (primary N) is 1. The van der Waals surface area contributed by atoms with Crippen molar-refractivity contribution in [1.29, 1.82) is 0 Å². The first-order valence-corrected chi connectivity index (χ1v) is 7.96. The molecular weight excluding hydrogens is 268 g/mol. The van der Waals surface area contributed by atoms with Crippen LogP contribution in [-0.2, 0) is 9.59 Å². The zero-order valence-electron chi connectivity index (χ0n) is 13.6. The molecule has 1 atom stereocenters. The standard InChI is InChI=1S/C16H30N2O3/c1-16(2,3)13(6-9-17)4-5-14(19)18-10-7-12(8-11-18)15(20)21/h12-13H,4-11,17H2,1-3H3,(H,20,21). The molecule has 0 aromatic heterocycles. The number of rotatable bonds is 6. The average Bonchev–Trinajstić information content (AvgIpc) is 2.42. The minimum absolute atomic E-state index is 0.158. The van der Waals surface area contributed by atoms with Gasteiger partial charge in [-0.05, 0) is 43.6 Å². The zero-order valence-corrected chi connectivity index (χ0v) is 13.6. The van der Waals surface area contributed by atoms with Gasteiger partial charge in [0.05, 0.1) is 5.92 Å². The minimum atomic E-state index is -0.738. The summed E-state index contributed by atoms with van der Waals surface area (Å²) in [7, 11) is 0. The van der Waals surface area contributed by atoms with E-state index in [9.17, 15) is 9.59 Å². The van der Waals surface area contributed by atoms with E-state index in [2.05, 4.69) is 20.8 Å². The third-order valence-electron chi connectivity index (χ3n) is 4.64. The predicted octanol–water partition coefficient (Wildman–Crippen LogP) is 2.10. The fourth-order valence-corrected chi connectivity index (χ4v) is 3.04. The molecule has 0 radical (unpaired) electrons. The number of hydrogen-bond donors (Lipinski definition) is 2. The molecule has 1 rings (SSSR count). The number of aliphatic carboxylic acids is 1. The summed E-state index contributed by atoms with van der Waals surface area (Å²) in [5.74, 6) is -0.417. The van der Waals surface area contributed by atoms with E-state index in [1.54, 1.807) is 0 Å². The lowest BCUT2D eigenvalue weighted by Crippen LogP contribution is -2.40. The van der Waals surface area contributed by atoms with Crippen LogP contribution in [0.15, 0.2) is 0 Å². The molecule has 1 saturated heterocycles. The second-order valence-electron chi connectivity index (χ2n) is 7.17. The van der Waals surface area contributed by atoms with Crippen molar-refractivity contribution in [3.05, 3.63) is 0 Å². The second-order valence-corrected chi connectivity index (χ2v) is 7.17. The minimum Gasteiger partial charge on any atom is -0.481 e. The number of nitrogens with zero attached hydrogens (tertiary/aromatic N) is 1. The monoisotopic (exact) mass is 298 g/mol. The second kappa shape index (κ2) is 7.78. The zero-order chi connectivity index (χ0) is 16.0. The van der Waals surface area contributed by atoms with Gasteiger partial charge >= 0.3 is 5.97 Å². The average molecular weight is 298 g/mol. The fourth-order valence-electron chi connectivity index (χ4n) is 3.04. The van der Waals surface area contributed by atoms with Crippen molar-refractivity contribution in [2.45, 2.75) is 52.9 Å². The molecule has 122 valence electrons. The van der Waals surface area contributed by atoms with E-state index < -0.39 is 5.97 Å². The van der Waals surface area contributed by atoms with E-state index in [1.165, 1.54) is 0 Å². The van der Waals surface area contributed by atoms with E-state index in [-0.39, 0.29) is 17.2 Å². The van der Waals surface area contributed by atoms with E-state index in [0.717, 1.165) is 12.8 Å². The summed E-state index contributed by atoms with van der Waals surface area (Å²) in [5, 5.41) is 8.97. The number of carbonyl (C=O) groups is 2. The van der Waals surface area contributed by atoms with Gasteiger partial charge in [0, 0.05) is 19.5 Å². The van der Waals surface area contributed by atoms with Crippen molar-refractivity contribution in [2.75, 3.05) is 19.6 Å². The molecular formula is C16H30N2O3. The van der Waals surface area contributed by atoms with Crippen LogP contribution in [0.3, 0.4) is 0 Å². The van der Waals surface area contributed by atoms with Crippen molar-refractivity contribution in [3.8, 4) is 0 Å². The summed E-state index contributed by atoms with van der Waals surface area (Å²) in [4.78, 5) is 25.0. The molecule has 5 heteroatoms. The Bertz CT molecular complexity index is 355. The number of carboxylic acids is 1. The highest BCUT2D eigenvalue weighted by atomic mass is 16.4. The van der Waals surface area contributed by atoms with Crippen LogP contribution in [0, 0.1) is 17.3 Å². The third-order valence-corrected chi connectivity index (χ3v) is 4.64. The summed E-state index contributed by atoms with van der Waals surface area (Å²) < 4.78 is 0. The van der Waals surface area contributed by atoms with Gasteiger partial charge in [0.1, 0.15) is 0 Å². The van der Waals surface area contributed by atoms with Crippen molar-refractivity contribution in [2.24, 2.45) is 23.0 Å². The highest BCUT2D eigenvalue weighted by Gasteiger charge is 2.28. The Morgan fingerprint density at radius 1 is 1.24 bits per heavy atom. The molecule has 0 aromatic rings. The van der Waals surface area contributed by atoms with Gasteiger partial charge in [0.2, 0.25) is 5.91 Å². The number of hydrogen-bond acceptors (Lipinski definition) is 3. The molecule has 0 spiro atoms. The Labute approximate surface area is 127 Å². The van der Waals surface area contributed by atoms with Crippen LogP contribution in [0.2, 0.25) is 0 Å². The molecule has 1 heterocycles. The quantitative estimate of drug-likeness (QED) is 0.786. The van der Waals surface area contributed by atoms with Gasteiger partial charge in [-0.1, -0.05) is 20.8 Å². The first kappa shape index (κ1) is 18.0. The summed E-state index contributed by atoms with van der Waals surface area (Å²) in [5.41, 5.74) is 5.83. The first-order valence-electron chi connectivity index (χ1n) is 7.96. The Morgan fingerprint density at radius 3 is 2.24 bits per heavy atom. The van der Waals surface area contributed by atoms with Gasteiger partial charge in [-0.2, -0.15) is 0 Å². The van der Waals surface area contributed by atoms with Crippen LogP contribution >= 0.6 is 0 Å². The lowest BCUT2D eigenvalue weighted by molar-refractivity contribution is -0.145. The Hall–Kier alpha value is -1.10. The molecule has 0 saturated carbocycles. The van der Waals surface area contributed by atoms with Crippen LogP contribution in [0.4, 0.5) is 0 Å². The number of likely N-dealkylation sites (tertiary alicyclic amines) is 1. The number of piperidine rings is 1. The largest absolute Gasteiger partial charge is 0.481 e. The van der Waals surface area contributed by atoms with Gasteiger partial charge in [-0.25, -0.2) is 0 Å². The molecule has 5 nitrogen and oxygen atoms in total. The predicted molar refractivity (Wildman–Crippen MR) is 82.8 cm³/mol. The lowest BCUT2D eigenvalue weighted by atomic mass is 9.76. The Balaban J connectivity index is 2.41. The normalized spacial score (nSPS) is 18.6. The van der Waals surface area contributed by atoms with Gasteiger partial charge < -0.3 is 15.7 Å². The van der Waals surface area contributed by atoms with E-state index in [4.69, 9.17) is 10.8 Å². The van der Waals surface area contributed by atoms with Crippen LogP contribution in [0.5, 0.6) is 0 Å². The molecule has 3 N–H and O–H groups in total. The molecule has 0 bridgehead atoms. The number of carboxylic acid groups (broad SMARTS) is 1. The molecule has 0 aliphatic carbocycles. The molecule has 1 unspecified atom stereocenters. The van der Waals surface area contributed by atoms with Crippen LogP contribution in [0.1, 0.15) is 52.9 Å². The van der Waals surface area contributed by atoms with Crippen molar-refractivity contribution < 1.29 is 14.7 Å². The van der Waals surface area contributed by atoms with E-state index >= 15 is 0 Å². The van der Waals surface area contributed by atoms with Gasteiger partial charge in [0.15, 0.2) is 0 Å². The van der Waals surface area contributed by atoms with Crippen LogP contribution in [0.25, 0.3) is 0 Å². The molecule has 0 aromatic carbocycles. The van der Waals surface area contributed by atoms with Crippen LogP contribution < -0.4 is 5.73 Å². The van der Waals surface area contributed by atoms with Crippen molar-refractivity contribution >= 4 is 11.9 Å².